The molecule has 24 heavy (non-hydrogen) atoms. The topological polar surface area (TPSA) is 63.8 Å². The molecule has 0 spiro atoms. The highest BCUT2D eigenvalue weighted by Gasteiger charge is 2.14. The van der Waals surface area contributed by atoms with Gasteiger partial charge in [0.1, 0.15) is 11.6 Å². The molecule has 0 saturated heterocycles. The fraction of sp³-hybridized carbons (Fsp3) is 0.263. The predicted molar refractivity (Wildman–Crippen MR) is 104 cm³/mol. The van der Waals surface area contributed by atoms with Gasteiger partial charge in [0.05, 0.1) is 11.6 Å². The van der Waals surface area contributed by atoms with E-state index in [4.69, 9.17) is 5.73 Å². The average Bonchev–Trinajstić information content (AvgIpc) is 2.51. The molecule has 2 aromatic carbocycles. The summed E-state index contributed by atoms with van der Waals surface area (Å²) < 4.78 is 1.01. The first-order valence-corrected chi connectivity index (χ1v) is 8.71. The summed E-state index contributed by atoms with van der Waals surface area (Å²) in [6.07, 6.45) is 0. The van der Waals surface area contributed by atoms with Gasteiger partial charge in [0.2, 0.25) is 0 Å². The van der Waals surface area contributed by atoms with Gasteiger partial charge in [-0.15, -0.1) is 0 Å². The maximum atomic E-state index is 6.03. The van der Waals surface area contributed by atoms with E-state index in [1.54, 1.807) is 0 Å². The van der Waals surface area contributed by atoms with Crippen molar-refractivity contribution in [2.45, 2.75) is 33.7 Å². The normalized spacial score (nSPS) is 12.4. The van der Waals surface area contributed by atoms with Crippen LogP contribution in [0.25, 0.3) is 10.9 Å². The zero-order chi connectivity index (χ0) is 17.4. The van der Waals surface area contributed by atoms with Crippen LogP contribution in [0, 0.1) is 20.8 Å². The highest BCUT2D eigenvalue weighted by molar-refractivity contribution is 9.10. The van der Waals surface area contributed by atoms with Crippen LogP contribution in [0.1, 0.15) is 35.5 Å². The van der Waals surface area contributed by atoms with E-state index >= 15 is 0 Å². The van der Waals surface area contributed by atoms with Crippen LogP contribution in [0.2, 0.25) is 0 Å². The van der Waals surface area contributed by atoms with E-state index in [-0.39, 0.29) is 6.04 Å². The van der Waals surface area contributed by atoms with E-state index in [0.29, 0.717) is 0 Å². The zero-order valence-electron chi connectivity index (χ0n) is 14.3. The van der Waals surface area contributed by atoms with Gasteiger partial charge in [-0.2, -0.15) is 0 Å². The van der Waals surface area contributed by atoms with E-state index < -0.39 is 0 Å². The molecular formula is C19H21BrN4. The number of hydrogen-bond acceptors (Lipinski definition) is 4. The Balaban J connectivity index is 2.05. The molecule has 3 aromatic rings. The van der Waals surface area contributed by atoms with Crippen molar-refractivity contribution in [3.63, 3.8) is 0 Å². The summed E-state index contributed by atoms with van der Waals surface area (Å²) in [6, 6.07) is 10.2. The fourth-order valence-electron chi connectivity index (χ4n) is 2.97. The molecule has 0 bridgehead atoms. The zero-order valence-corrected chi connectivity index (χ0v) is 15.9. The van der Waals surface area contributed by atoms with Crippen molar-refractivity contribution in [1.29, 1.82) is 0 Å². The van der Waals surface area contributed by atoms with E-state index in [0.717, 1.165) is 32.7 Å². The maximum Gasteiger partial charge on any atom is 0.138 e. The third-order valence-corrected chi connectivity index (χ3v) is 4.81. The summed E-state index contributed by atoms with van der Waals surface area (Å²) in [7, 11) is 0. The molecule has 5 heteroatoms. The van der Waals surface area contributed by atoms with Crippen LogP contribution >= 0.6 is 15.9 Å². The van der Waals surface area contributed by atoms with Gasteiger partial charge in [-0.3, -0.25) is 0 Å². The van der Waals surface area contributed by atoms with Crippen molar-refractivity contribution in [3.05, 3.63) is 57.3 Å². The Bertz CT molecular complexity index is 921. The van der Waals surface area contributed by atoms with Crippen molar-refractivity contribution in [1.82, 2.24) is 9.97 Å². The number of nitrogens with zero attached hydrogens (tertiary/aromatic N) is 2. The third-order valence-electron chi connectivity index (χ3n) is 4.32. The number of hydrogen-bond donors (Lipinski definition) is 2. The second-order valence-electron chi connectivity index (χ2n) is 6.20. The summed E-state index contributed by atoms with van der Waals surface area (Å²) in [4.78, 5) is 9.12. The lowest BCUT2D eigenvalue weighted by atomic mass is 9.97. The molecule has 0 unspecified atom stereocenters. The molecule has 0 radical (unpaired) electrons. The van der Waals surface area contributed by atoms with Crippen molar-refractivity contribution >= 4 is 38.3 Å². The van der Waals surface area contributed by atoms with E-state index in [1.165, 1.54) is 16.7 Å². The number of halogens is 1. The van der Waals surface area contributed by atoms with Gasteiger partial charge in [0.15, 0.2) is 0 Å². The van der Waals surface area contributed by atoms with Crippen molar-refractivity contribution in [2.24, 2.45) is 0 Å². The van der Waals surface area contributed by atoms with E-state index in [1.807, 2.05) is 37.3 Å². The Kier molecular flexibility index (Phi) is 4.45. The quantitative estimate of drug-likeness (QED) is 0.618. The lowest BCUT2D eigenvalue weighted by Crippen LogP contribution is -2.12. The Morgan fingerprint density at radius 1 is 1.08 bits per heavy atom. The van der Waals surface area contributed by atoms with Crippen LogP contribution in [0.15, 0.2) is 34.8 Å². The summed E-state index contributed by atoms with van der Waals surface area (Å²) in [6.45, 7) is 8.25. The van der Waals surface area contributed by atoms with Gasteiger partial charge in [-0.25, -0.2) is 9.97 Å². The summed E-state index contributed by atoms with van der Waals surface area (Å²) >= 11 is 3.53. The van der Waals surface area contributed by atoms with Crippen LogP contribution in [0.3, 0.4) is 0 Å². The summed E-state index contributed by atoms with van der Waals surface area (Å²) in [5, 5.41) is 4.54. The van der Waals surface area contributed by atoms with Crippen LogP contribution in [0.4, 0.5) is 11.5 Å². The number of aromatic nitrogens is 2. The van der Waals surface area contributed by atoms with Gasteiger partial charge in [0.25, 0.3) is 0 Å². The summed E-state index contributed by atoms with van der Waals surface area (Å²) in [5.41, 5.74) is 11.4. The number of benzene rings is 2. The number of nitrogens with one attached hydrogen (secondary N) is 1. The molecular weight excluding hydrogens is 364 g/mol. The van der Waals surface area contributed by atoms with Gasteiger partial charge in [-0.1, -0.05) is 15.9 Å². The minimum Gasteiger partial charge on any atom is -0.399 e. The number of rotatable bonds is 3. The van der Waals surface area contributed by atoms with Crippen LogP contribution < -0.4 is 11.1 Å². The molecule has 1 aromatic heterocycles. The Morgan fingerprint density at radius 3 is 2.58 bits per heavy atom. The van der Waals surface area contributed by atoms with Crippen molar-refractivity contribution in [2.75, 3.05) is 11.1 Å². The summed E-state index contributed by atoms with van der Waals surface area (Å²) in [5.74, 6) is 1.59. The maximum absolute atomic E-state index is 6.03. The minimum absolute atomic E-state index is 0.0867. The van der Waals surface area contributed by atoms with Crippen molar-refractivity contribution in [3.8, 4) is 0 Å². The van der Waals surface area contributed by atoms with E-state index in [9.17, 15) is 0 Å². The third kappa shape index (κ3) is 3.22. The molecule has 3 N–H and O–H groups in total. The van der Waals surface area contributed by atoms with Crippen LogP contribution in [0.5, 0.6) is 0 Å². The van der Waals surface area contributed by atoms with Crippen molar-refractivity contribution < 1.29 is 0 Å². The number of fused-ring (bicyclic) bond motifs is 1. The lowest BCUT2D eigenvalue weighted by molar-refractivity contribution is 0.860. The molecule has 4 nitrogen and oxygen atoms in total. The average molecular weight is 385 g/mol. The molecule has 3 rings (SSSR count). The number of nitrogens with two attached hydrogens (primary N) is 1. The Hall–Kier alpha value is -2.14. The fourth-order valence-corrected chi connectivity index (χ4v) is 3.34. The molecule has 124 valence electrons. The van der Waals surface area contributed by atoms with Crippen LogP contribution in [-0.4, -0.2) is 9.97 Å². The Labute approximate surface area is 150 Å². The number of nitrogen functional groups attached to an aromatic ring is 1. The first-order valence-electron chi connectivity index (χ1n) is 7.92. The monoisotopic (exact) mass is 384 g/mol. The van der Waals surface area contributed by atoms with Crippen LogP contribution in [-0.2, 0) is 0 Å². The standard InChI is InChI=1S/C19H21BrN4/c1-10-7-15(21)9-16(11(10)2)12(3)22-19-17-8-14(20)5-6-18(17)23-13(4)24-19/h5-9,12H,21H2,1-4H3,(H,22,23,24)/t12-/m1/s1. The van der Waals surface area contributed by atoms with Gasteiger partial charge in [0, 0.05) is 15.5 Å². The first-order chi connectivity index (χ1) is 11.3. The van der Waals surface area contributed by atoms with Gasteiger partial charge < -0.3 is 11.1 Å². The SMILES string of the molecule is Cc1nc(N[C@H](C)c2cc(N)cc(C)c2C)c2cc(Br)ccc2n1. The lowest BCUT2D eigenvalue weighted by Gasteiger charge is -2.20. The smallest absolute Gasteiger partial charge is 0.138 e. The molecule has 0 aliphatic carbocycles. The van der Waals surface area contributed by atoms with E-state index in [2.05, 4.69) is 52.0 Å². The van der Waals surface area contributed by atoms with Gasteiger partial charge in [-0.05, 0) is 74.7 Å². The number of aryl methyl sites for hydroxylation is 2. The highest BCUT2D eigenvalue weighted by Crippen LogP contribution is 2.30. The molecule has 0 aliphatic heterocycles. The molecule has 0 saturated carbocycles. The second kappa shape index (κ2) is 6.40. The minimum atomic E-state index is 0.0867. The molecule has 1 atom stereocenters. The number of anilines is 2. The molecule has 0 aliphatic rings. The molecule has 0 fully saturated rings. The second-order valence-corrected chi connectivity index (χ2v) is 7.11. The predicted octanol–water partition coefficient (Wildman–Crippen LogP) is 5.07. The Morgan fingerprint density at radius 2 is 1.83 bits per heavy atom. The largest absolute Gasteiger partial charge is 0.399 e. The first kappa shape index (κ1) is 16.7. The highest BCUT2D eigenvalue weighted by atomic mass is 79.9. The molecule has 0 amide bonds. The van der Waals surface area contributed by atoms with Gasteiger partial charge >= 0.3 is 0 Å². The molecule has 1 heterocycles.